The molecule has 0 unspecified atom stereocenters. The second-order valence-corrected chi connectivity index (χ2v) is 9.88. The standard InChI is InChI=1S/C27H22F4N6O3/c1-26(2,3)25-36-23(37-40-25)24(38)33-13-16-8-7-14(12-19(16)28)18-9-10-32-22-20(18)34-21(35-22)15-5-4-6-17(11-15)39-27(29,30)31/h4-12H,13H2,1-3H3,(H,33,38)(H,32,34,35). The van der Waals surface area contributed by atoms with Crippen LogP contribution in [0.25, 0.3) is 33.7 Å². The highest BCUT2D eigenvalue weighted by Crippen LogP contribution is 2.31. The highest BCUT2D eigenvalue weighted by molar-refractivity contribution is 5.92. The predicted octanol–water partition coefficient (Wildman–Crippen LogP) is 5.94. The summed E-state index contributed by atoms with van der Waals surface area (Å²) in [6.07, 6.45) is -3.34. The Morgan fingerprint density at radius 3 is 2.55 bits per heavy atom. The predicted molar refractivity (Wildman–Crippen MR) is 136 cm³/mol. The largest absolute Gasteiger partial charge is 0.573 e. The Morgan fingerprint density at radius 1 is 1.05 bits per heavy atom. The number of fused-ring (bicyclic) bond motifs is 1. The number of amides is 1. The van der Waals surface area contributed by atoms with Crippen molar-refractivity contribution in [1.29, 1.82) is 0 Å². The van der Waals surface area contributed by atoms with E-state index in [0.29, 0.717) is 33.7 Å². The number of pyridine rings is 1. The maximum Gasteiger partial charge on any atom is 0.573 e. The molecule has 206 valence electrons. The minimum Gasteiger partial charge on any atom is -0.406 e. The summed E-state index contributed by atoms with van der Waals surface area (Å²) in [7, 11) is 0. The number of halogens is 4. The first-order valence-corrected chi connectivity index (χ1v) is 12.0. The van der Waals surface area contributed by atoms with Gasteiger partial charge in [-0.05, 0) is 29.8 Å². The number of rotatable bonds is 6. The number of carbonyl (C=O) groups is 1. The molecule has 5 aromatic rings. The van der Waals surface area contributed by atoms with Crippen LogP contribution in [0.2, 0.25) is 0 Å². The quantitative estimate of drug-likeness (QED) is 0.249. The van der Waals surface area contributed by atoms with Crippen molar-refractivity contribution in [3.8, 4) is 28.3 Å². The number of alkyl halides is 3. The van der Waals surface area contributed by atoms with Crippen LogP contribution in [0.3, 0.4) is 0 Å². The molecule has 0 aliphatic carbocycles. The summed E-state index contributed by atoms with van der Waals surface area (Å²) in [5.41, 5.74) is 1.98. The number of ether oxygens (including phenoxy) is 1. The van der Waals surface area contributed by atoms with E-state index in [9.17, 15) is 18.0 Å². The van der Waals surface area contributed by atoms with Gasteiger partial charge in [-0.25, -0.2) is 14.4 Å². The van der Waals surface area contributed by atoms with Crippen LogP contribution in [0.1, 0.15) is 42.8 Å². The van der Waals surface area contributed by atoms with Crippen LogP contribution < -0.4 is 10.1 Å². The lowest BCUT2D eigenvalue weighted by atomic mass is 9.97. The molecule has 0 bridgehead atoms. The van der Waals surface area contributed by atoms with Crippen molar-refractivity contribution in [1.82, 2.24) is 30.4 Å². The van der Waals surface area contributed by atoms with Gasteiger partial charge in [-0.2, -0.15) is 4.98 Å². The zero-order valence-electron chi connectivity index (χ0n) is 21.4. The summed E-state index contributed by atoms with van der Waals surface area (Å²) in [5.74, 6) is -1.14. The fraction of sp³-hybridized carbons (Fsp3) is 0.222. The smallest absolute Gasteiger partial charge is 0.406 e. The molecule has 3 aromatic heterocycles. The van der Waals surface area contributed by atoms with E-state index in [-0.39, 0.29) is 23.8 Å². The van der Waals surface area contributed by atoms with Gasteiger partial charge in [0.15, 0.2) is 5.65 Å². The number of carbonyl (C=O) groups excluding carboxylic acids is 1. The van der Waals surface area contributed by atoms with Gasteiger partial charge in [0.1, 0.15) is 17.4 Å². The molecule has 0 radical (unpaired) electrons. The number of hydrogen-bond acceptors (Lipinski definition) is 7. The summed E-state index contributed by atoms with van der Waals surface area (Å²) in [5, 5.41) is 6.26. The van der Waals surface area contributed by atoms with E-state index >= 15 is 4.39 Å². The molecule has 0 aliphatic rings. The molecule has 1 amide bonds. The van der Waals surface area contributed by atoms with Crippen molar-refractivity contribution >= 4 is 17.1 Å². The zero-order valence-corrected chi connectivity index (χ0v) is 21.4. The molecular formula is C27H22F4N6O3. The third-order valence-corrected chi connectivity index (χ3v) is 5.81. The molecular weight excluding hydrogens is 532 g/mol. The maximum absolute atomic E-state index is 15.1. The summed E-state index contributed by atoms with van der Waals surface area (Å²) in [6.45, 7) is 5.49. The monoisotopic (exact) mass is 554 g/mol. The fourth-order valence-corrected chi connectivity index (χ4v) is 3.86. The minimum absolute atomic E-state index is 0.110. The molecule has 0 aliphatic heterocycles. The molecule has 0 saturated carbocycles. The number of benzene rings is 2. The Kier molecular flexibility index (Phi) is 6.74. The molecule has 40 heavy (non-hydrogen) atoms. The topological polar surface area (TPSA) is 119 Å². The third-order valence-electron chi connectivity index (χ3n) is 5.81. The summed E-state index contributed by atoms with van der Waals surface area (Å²) in [4.78, 5) is 28.2. The fourth-order valence-electron chi connectivity index (χ4n) is 3.86. The van der Waals surface area contributed by atoms with Crippen LogP contribution in [-0.2, 0) is 12.0 Å². The Morgan fingerprint density at radius 2 is 1.85 bits per heavy atom. The van der Waals surface area contributed by atoms with Crippen molar-refractivity contribution in [3.63, 3.8) is 0 Å². The number of imidazole rings is 1. The number of aromatic nitrogens is 5. The normalized spacial score (nSPS) is 12.1. The van der Waals surface area contributed by atoms with Crippen molar-refractivity contribution in [2.24, 2.45) is 0 Å². The highest BCUT2D eigenvalue weighted by Gasteiger charge is 2.31. The van der Waals surface area contributed by atoms with Crippen LogP contribution in [-0.4, -0.2) is 37.4 Å². The molecule has 0 spiro atoms. The van der Waals surface area contributed by atoms with Gasteiger partial charge in [0, 0.05) is 34.8 Å². The number of nitrogens with one attached hydrogen (secondary N) is 2. The lowest BCUT2D eigenvalue weighted by Gasteiger charge is -2.10. The van der Waals surface area contributed by atoms with Crippen LogP contribution in [0.5, 0.6) is 5.75 Å². The van der Waals surface area contributed by atoms with Gasteiger partial charge in [0.2, 0.25) is 5.89 Å². The molecule has 0 saturated heterocycles. The Labute approximate surface area is 224 Å². The third kappa shape index (κ3) is 5.77. The summed E-state index contributed by atoms with van der Waals surface area (Å²) < 4.78 is 62.1. The number of hydrogen-bond donors (Lipinski definition) is 2. The number of aromatic amines is 1. The van der Waals surface area contributed by atoms with Crippen molar-refractivity contribution < 1.29 is 31.6 Å². The van der Waals surface area contributed by atoms with Gasteiger partial charge < -0.3 is 19.6 Å². The van der Waals surface area contributed by atoms with Gasteiger partial charge in [0.05, 0.1) is 5.52 Å². The zero-order chi connectivity index (χ0) is 28.7. The van der Waals surface area contributed by atoms with Gasteiger partial charge >= 0.3 is 6.36 Å². The lowest BCUT2D eigenvalue weighted by Crippen LogP contribution is -2.24. The van der Waals surface area contributed by atoms with E-state index < -0.39 is 29.3 Å². The van der Waals surface area contributed by atoms with Crippen molar-refractivity contribution in [2.75, 3.05) is 0 Å². The molecule has 3 heterocycles. The molecule has 2 N–H and O–H groups in total. The van der Waals surface area contributed by atoms with Crippen molar-refractivity contribution in [3.05, 3.63) is 77.8 Å². The highest BCUT2D eigenvalue weighted by atomic mass is 19.4. The molecule has 9 nitrogen and oxygen atoms in total. The van der Waals surface area contributed by atoms with E-state index in [1.54, 1.807) is 18.2 Å². The summed E-state index contributed by atoms with van der Waals surface area (Å²) >= 11 is 0. The molecule has 0 atom stereocenters. The molecule has 13 heteroatoms. The first kappa shape index (κ1) is 26.8. The Balaban J connectivity index is 1.36. The SMILES string of the molecule is CC(C)(C)c1nc(C(=O)NCc2ccc(-c3ccnc4nc(-c5cccc(OC(F)(F)F)c5)[nH]c34)cc2F)no1. The lowest BCUT2D eigenvalue weighted by molar-refractivity contribution is -0.274. The van der Waals surface area contributed by atoms with Crippen molar-refractivity contribution in [2.45, 2.75) is 39.1 Å². The molecule has 0 fully saturated rings. The maximum atomic E-state index is 15.1. The number of nitrogens with zero attached hydrogens (tertiary/aromatic N) is 4. The van der Waals surface area contributed by atoms with E-state index in [0.717, 1.165) is 0 Å². The number of H-pyrrole nitrogens is 1. The van der Waals surface area contributed by atoms with E-state index in [4.69, 9.17) is 4.52 Å². The van der Waals surface area contributed by atoms with Crippen LogP contribution in [0.15, 0.2) is 59.3 Å². The van der Waals surface area contributed by atoms with Gasteiger partial charge in [-0.15, -0.1) is 13.2 Å². The van der Waals surface area contributed by atoms with Crippen LogP contribution >= 0.6 is 0 Å². The van der Waals surface area contributed by atoms with E-state index in [2.05, 4.69) is 35.1 Å². The van der Waals surface area contributed by atoms with E-state index in [1.165, 1.54) is 36.5 Å². The van der Waals surface area contributed by atoms with Gasteiger partial charge in [-0.1, -0.05) is 50.2 Å². The first-order valence-electron chi connectivity index (χ1n) is 12.0. The van der Waals surface area contributed by atoms with Crippen LogP contribution in [0.4, 0.5) is 17.6 Å². The Bertz CT molecular complexity index is 1700. The second kappa shape index (κ2) is 10.1. The van der Waals surface area contributed by atoms with Gasteiger partial charge in [-0.3, -0.25) is 4.79 Å². The Hall–Kier alpha value is -4.81. The van der Waals surface area contributed by atoms with Gasteiger partial charge in [0.25, 0.3) is 11.7 Å². The molecule has 2 aromatic carbocycles. The van der Waals surface area contributed by atoms with Crippen LogP contribution in [0, 0.1) is 5.82 Å². The summed E-state index contributed by atoms with van der Waals surface area (Å²) in [6, 6.07) is 11.5. The second-order valence-electron chi connectivity index (χ2n) is 9.88. The average Bonchev–Trinajstić information content (AvgIpc) is 3.55. The molecule has 5 rings (SSSR count). The first-order chi connectivity index (χ1) is 18.9. The minimum atomic E-state index is -4.83. The average molecular weight is 555 g/mol. The van der Waals surface area contributed by atoms with E-state index in [1.807, 2.05) is 20.8 Å².